The van der Waals surface area contributed by atoms with Gasteiger partial charge in [0.1, 0.15) is 6.10 Å². The lowest BCUT2D eigenvalue weighted by Crippen LogP contribution is -2.49. The minimum Gasteiger partial charge on any atom is -0.352 e. The Hall–Kier alpha value is -4.14. The molecule has 1 saturated heterocycles. The number of halogens is 12. The number of carbonyl (C=O) groups excluding carboxylic acids is 6. The highest BCUT2D eigenvalue weighted by atomic mass is 19.4. The van der Waals surface area contributed by atoms with Crippen LogP contribution in [0.2, 0.25) is 0 Å². The molecule has 2 atom stereocenters. The second-order valence-electron chi connectivity index (χ2n) is 24.1. The Morgan fingerprint density at radius 2 is 0.725 bits per heavy atom. The Morgan fingerprint density at radius 3 is 1.11 bits per heavy atom. The maximum atomic E-state index is 13.7. The van der Waals surface area contributed by atoms with Crippen molar-refractivity contribution in [1.82, 2.24) is 30.2 Å². The van der Waals surface area contributed by atoms with Crippen LogP contribution < -0.4 is 10.6 Å². The zero-order chi connectivity index (χ0) is 67.8. The van der Waals surface area contributed by atoms with Gasteiger partial charge in [0.2, 0.25) is 11.8 Å². The Morgan fingerprint density at radius 1 is 0.396 bits per heavy atom. The maximum Gasteiger partial charge on any atom is 0.471 e. The van der Waals surface area contributed by atoms with Crippen molar-refractivity contribution < 1.29 is 95.7 Å². The molecular formula is C64H110F12N6O9. The van der Waals surface area contributed by atoms with E-state index in [2.05, 4.69) is 19.2 Å². The van der Waals surface area contributed by atoms with E-state index < -0.39 is 138 Å². The maximum absolute atomic E-state index is 13.7. The lowest BCUT2D eigenvalue weighted by Gasteiger charge is -2.28. The smallest absolute Gasteiger partial charge is 0.352 e. The van der Waals surface area contributed by atoms with Crippen LogP contribution in [0.25, 0.3) is 0 Å². The van der Waals surface area contributed by atoms with Gasteiger partial charge in [-0.3, -0.25) is 28.8 Å². The van der Waals surface area contributed by atoms with Crippen LogP contribution in [0.4, 0.5) is 52.7 Å². The Labute approximate surface area is 533 Å². The average Bonchev–Trinajstić information content (AvgIpc) is 3.72. The molecule has 6 amide bonds. The molecule has 534 valence electrons. The van der Waals surface area contributed by atoms with Gasteiger partial charge in [0.05, 0.1) is 19.8 Å². The number of hydrogen-bond acceptors (Lipinski definition) is 9. The first-order valence-corrected chi connectivity index (χ1v) is 34.1. The van der Waals surface area contributed by atoms with Crippen molar-refractivity contribution in [3.05, 3.63) is 0 Å². The van der Waals surface area contributed by atoms with E-state index in [9.17, 15) is 81.5 Å². The van der Waals surface area contributed by atoms with Gasteiger partial charge in [-0.05, 0) is 44.9 Å². The quantitative estimate of drug-likeness (QED) is 0.0445. The summed E-state index contributed by atoms with van der Waals surface area (Å²) in [4.78, 5) is 76.2. The van der Waals surface area contributed by atoms with Crippen LogP contribution in [-0.4, -0.2) is 171 Å². The lowest BCUT2D eigenvalue weighted by molar-refractivity contribution is -0.237. The van der Waals surface area contributed by atoms with E-state index >= 15 is 0 Å². The number of nitrogens with one attached hydrogen (secondary N) is 2. The summed E-state index contributed by atoms with van der Waals surface area (Å²) >= 11 is 0. The summed E-state index contributed by atoms with van der Waals surface area (Å²) < 4.78 is 176. The fourth-order valence-electron chi connectivity index (χ4n) is 10.7. The van der Waals surface area contributed by atoms with Crippen molar-refractivity contribution in [2.75, 3.05) is 78.7 Å². The highest BCUT2D eigenvalue weighted by Gasteiger charge is 2.45. The summed E-state index contributed by atoms with van der Waals surface area (Å²) in [5.74, 6) is -10.9. The molecule has 27 heteroatoms. The van der Waals surface area contributed by atoms with Gasteiger partial charge in [0.25, 0.3) is 6.48 Å². The minimum atomic E-state index is -5.54. The molecule has 1 heterocycles. The number of alkyl halides is 12. The first kappa shape index (κ1) is 84.9. The van der Waals surface area contributed by atoms with E-state index in [0.29, 0.717) is 19.5 Å². The van der Waals surface area contributed by atoms with Crippen molar-refractivity contribution in [3.63, 3.8) is 0 Å². The number of nitrogens with zero attached hydrogens (tertiary/aromatic N) is 4. The molecule has 0 radical (unpaired) electrons. The van der Waals surface area contributed by atoms with Gasteiger partial charge >= 0.3 is 48.3 Å². The summed E-state index contributed by atoms with van der Waals surface area (Å²) in [7, 11) is 0. The largest absolute Gasteiger partial charge is 0.471 e. The zero-order valence-electron chi connectivity index (χ0n) is 54.5. The number of unbranched alkanes of at least 4 members (excludes halogenated alkanes) is 31. The first-order chi connectivity index (χ1) is 43.2. The number of ether oxygens (including phenoxy) is 3. The Kier molecular flexibility index (Phi) is 46.9. The van der Waals surface area contributed by atoms with Crippen LogP contribution in [0, 0.1) is 0 Å². The molecule has 1 aliphatic rings. The van der Waals surface area contributed by atoms with Crippen LogP contribution in [0.1, 0.15) is 258 Å². The third-order valence-electron chi connectivity index (χ3n) is 16.0. The molecule has 1 fully saturated rings. The number of rotatable bonds is 56. The molecule has 0 aromatic rings. The molecule has 15 nitrogen and oxygen atoms in total. The minimum absolute atomic E-state index is 0.00573. The van der Waals surface area contributed by atoms with E-state index in [4.69, 9.17) is 14.2 Å². The summed E-state index contributed by atoms with van der Waals surface area (Å²) in [5, 5.41) is 3.72. The van der Waals surface area contributed by atoms with E-state index in [0.717, 1.165) is 38.5 Å². The van der Waals surface area contributed by atoms with Crippen LogP contribution in [0.5, 0.6) is 0 Å². The molecule has 0 aliphatic carbocycles. The molecule has 0 aromatic heterocycles. The topological polar surface area (TPSA) is 167 Å². The van der Waals surface area contributed by atoms with Crippen molar-refractivity contribution in [1.29, 1.82) is 0 Å². The highest BCUT2D eigenvalue weighted by molar-refractivity contribution is 5.87. The summed E-state index contributed by atoms with van der Waals surface area (Å²) in [6.07, 6.45) is 15.7. The fraction of sp³-hybridized carbons (Fsp3) is 0.906. The molecule has 0 saturated carbocycles. The van der Waals surface area contributed by atoms with Gasteiger partial charge in [-0.1, -0.05) is 206 Å². The number of amides is 6. The lowest BCUT2D eigenvalue weighted by atomic mass is 10.0. The van der Waals surface area contributed by atoms with E-state index in [1.54, 1.807) is 0 Å². The van der Waals surface area contributed by atoms with Crippen LogP contribution in [-0.2, 0) is 43.0 Å². The molecule has 0 bridgehead atoms. The summed E-state index contributed by atoms with van der Waals surface area (Å²) in [6.45, 7) is -2.16. The van der Waals surface area contributed by atoms with E-state index in [1.807, 2.05) is 4.90 Å². The zero-order valence-corrected chi connectivity index (χ0v) is 54.5. The highest BCUT2D eigenvalue weighted by Crippen LogP contribution is 2.24. The number of carbonyl (C=O) groups is 6. The van der Waals surface area contributed by atoms with Crippen molar-refractivity contribution in [2.45, 2.75) is 295 Å². The van der Waals surface area contributed by atoms with Gasteiger partial charge < -0.3 is 44.4 Å². The second kappa shape index (κ2) is 50.3. The van der Waals surface area contributed by atoms with Gasteiger partial charge in [-0.25, -0.2) is 0 Å². The molecule has 2 N–H and O–H groups in total. The normalized spacial score (nSPS) is 14.6. The van der Waals surface area contributed by atoms with Gasteiger partial charge in [0.15, 0.2) is 0 Å². The van der Waals surface area contributed by atoms with Crippen molar-refractivity contribution in [3.8, 4) is 0 Å². The molecule has 2 unspecified atom stereocenters. The van der Waals surface area contributed by atoms with Crippen molar-refractivity contribution >= 4 is 35.4 Å². The predicted molar refractivity (Wildman–Crippen MR) is 324 cm³/mol. The molecule has 0 spiro atoms. The SMILES string of the molecule is CCCCCCCCCCCCCCCCCCN(CCCCCCCCCCCCCCCCCC)C(=O)CCCOC1OCC(CNC(=O)CN(CCCN(CCCCN(CCCNC(=O)C(F)(F)F)C(=O)C(F)(F)F)C(=O)C(F)(F)F)C(=O)C(F)(F)F)O1. The number of hydrogen-bond donors (Lipinski definition) is 2. The summed E-state index contributed by atoms with van der Waals surface area (Å²) in [5.41, 5.74) is 0. The Bertz CT molecular complexity index is 1900. The fourth-order valence-corrected chi connectivity index (χ4v) is 10.7. The molecule has 91 heavy (non-hydrogen) atoms. The van der Waals surface area contributed by atoms with Gasteiger partial charge in [0, 0.05) is 65.3 Å². The van der Waals surface area contributed by atoms with Crippen LogP contribution in [0.3, 0.4) is 0 Å². The van der Waals surface area contributed by atoms with Crippen LogP contribution >= 0.6 is 0 Å². The predicted octanol–water partition coefficient (Wildman–Crippen LogP) is 15.4. The van der Waals surface area contributed by atoms with Gasteiger partial charge in [-0.2, -0.15) is 52.7 Å². The second-order valence-corrected chi connectivity index (χ2v) is 24.1. The molecular weight excluding hydrogens is 1220 g/mol. The summed E-state index contributed by atoms with van der Waals surface area (Å²) in [6, 6.07) is 0. The molecule has 0 aromatic carbocycles. The molecule has 1 rings (SSSR count). The average molecular weight is 1340 g/mol. The standard InChI is InChI=1S/C64H110F12N6O9/c1-3-5-7-9-11-13-15-17-19-21-23-25-27-29-31-33-42-79(43-34-32-30-28-26-24-22-20-18-16-14-12-10-8-6-4-2)55(84)40-37-49-89-60-90-52-53(91-60)50-78-54(83)51-82(59(88)64(74,75)76)48-39-47-81(58(87)63(71,72)73)45-36-35-44-80(57(86)62(68,69)70)46-38-41-77-56(85)61(65,66)67/h53,60H,3-52H2,1-2H3,(H,77,85)(H,78,83). The van der Waals surface area contributed by atoms with E-state index in [-0.39, 0.29) is 46.8 Å². The van der Waals surface area contributed by atoms with Crippen LogP contribution in [0.15, 0.2) is 0 Å². The molecule has 1 aliphatic heterocycles. The Balaban J connectivity index is 2.68. The third-order valence-corrected chi connectivity index (χ3v) is 16.0. The van der Waals surface area contributed by atoms with Crippen molar-refractivity contribution in [2.24, 2.45) is 0 Å². The monoisotopic (exact) mass is 1330 g/mol. The van der Waals surface area contributed by atoms with E-state index in [1.165, 1.54) is 172 Å². The first-order valence-electron chi connectivity index (χ1n) is 34.1. The third kappa shape index (κ3) is 44.2. The van der Waals surface area contributed by atoms with Gasteiger partial charge in [-0.15, -0.1) is 0 Å².